The summed E-state index contributed by atoms with van der Waals surface area (Å²) in [7, 11) is 0. The molecule has 1 fully saturated rings. The summed E-state index contributed by atoms with van der Waals surface area (Å²) in [5.41, 5.74) is 1.97. The molecule has 0 unspecified atom stereocenters. The van der Waals surface area contributed by atoms with Crippen molar-refractivity contribution in [1.82, 2.24) is 9.80 Å². The Morgan fingerprint density at radius 3 is 1.82 bits per heavy atom. The van der Waals surface area contributed by atoms with Crippen molar-refractivity contribution in [2.75, 3.05) is 26.2 Å². The molecule has 4 heteroatoms. The number of rotatable bonds is 3. The Hall–Kier alpha value is -1.84. The smallest absolute Gasteiger partial charge is 0.253 e. The van der Waals surface area contributed by atoms with Crippen LogP contribution in [0.4, 0.5) is 0 Å². The third-order valence-corrected chi connectivity index (χ3v) is 4.20. The Morgan fingerprint density at radius 1 is 0.864 bits per heavy atom. The van der Waals surface area contributed by atoms with Crippen LogP contribution in [0.2, 0.25) is 0 Å². The molecule has 0 saturated carbocycles. The van der Waals surface area contributed by atoms with E-state index < -0.39 is 0 Å². The van der Waals surface area contributed by atoms with Crippen molar-refractivity contribution in [3.63, 3.8) is 0 Å². The van der Waals surface area contributed by atoms with E-state index in [4.69, 9.17) is 0 Å². The standard InChI is InChI=1S/C18H26N2O2/c1-13(2)15-5-7-16(8-6-15)18(22)20-11-9-19(10-12-20)17(21)14(3)4/h5-8,13-14H,9-12H2,1-4H3. The van der Waals surface area contributed by atoms with Crippen molar-refractivity contribution in [1.29, 1.82) is 0 Å². The molecule has 0 atom stereocenters. The number of benzene rings is 1. The Labute approximate surface area is 133 Å². The molecule has 0 radical (unpaired) electrons. The van der Waals surface area contributed by atoms with Gasteiger partial charge in [0.2, 0.25) is 5.91 Å². The normalized spacial score (nSPS) is 15.5. The molecule has 2 rings (SSSR count). The van der Waals surface area contributed by atoms with Gasteiger partial charge in [-0.15, -0.1) is 0 Å². The second-order valence-corrected chi connectivity index (χ2v) is 6.55. The molecule has 1 heterocycles. The van der Waals surface area contributed by atoms with Crippen molar-refractivity contribution < 1.29 is 9.59 Å². The van der Waals surface area contributed by atoms with E-state index in [2.05, 4.69) is 13.8 Å². The first-order chi connectivity index (χ1) is 10.4. The maximum Gasteiger partial charge on any atom is 0.253 e. The number of carbonyl (C=O) groups is 2. The van der Waals surface area contributed by atoms with Gasteiger partial charge in [0.05, 0.1) is 0 Å². The number of carbonyl (C=O) groups excluding carboxylic acids is 2. The highest BCUT2D eigenvalue weighted by atomic mass is 16.2. The van der Waals surface area contributed by atoms with Gasteiger partial charge in [0.25, 0.3) is 5.91 Å². The highest BCUT2D eigenvalue weighted by molar-refractivity contribution is 5.94. The van der Waals surface area contributed by atoms with Crippen LogP contribution in [0.25, 0.3) is 0 Å². The molecule has 1 aromatic rings. The van der Waals surface area contributed by atoms with Gasteiger partial charge in [-0.3, -0.25) is 9.59 Å². The number of amides is 2. The Balaban J connectivity index is 1.96. The lowest BCUT2D eigenvalue weighted by atomic mass is 10.0. The molecule has 1 aliphatic rings. The second-order valence-electron chi connectivity index (χ2n) is 6.55. The minimum Gasteiger partial charge on any atom is -0.339 e. The monoisotopic (exact) mass is 302 g/mol. The molecule has 1 saturated heterocycles. The summed E-state index contributed by atoms with van der Waals surface area (Å²) in [6.07, 6.45) is 0. The van der Waals surface area contributed by atoms with E-state index in [0.29, 0.717) is 32.1 Å². The Kier molecular flexibility index (Phi) is 5.22. The van der Waals surface area contributed by atoms with Crippen LogP contribution in [-0.2, 0) is 4.79 Å². The van der Waals surface area contributed by atoms with Crippen LogP contribution in [0.3, 0.4) is 0 Å². The van der Waals surface area contributed by atoms with E-state index >= 15 is 0 Å². The van der Waals surface area contributed by atoms with Gasteiger partial charge in [-0.05, 0) is 23.6 Å². The van der Waals surface area contributed by atoms with Crippen molar-refractivity contribution >= 4 is 11.8 Å². The summed E-state index contributed by atoms with van der Waals surface area (Å²) in [6.45, 7) is 10.6. The van der Waals surface area contributed by atoms with Gasteiger partial charge in [0.15, 0.2) is 0 Å². The van der Waals surface area contributed by atoms with E-state index in [1.165, 1.54) is 5.56 Å². The Morgan fingerprint density at radius 2 is 1.36 bits per heavy atom. The average Bonchev–Trinajstić information content (AvgIpc) is 2.53. The molecule has 1 aliphatic heterocycles. The first kappa shape index (κ1) is 16.5. The molecule has 22 heavy (non-hydrogen) atoms. The minimum absolute atomic E-state index is 0.0193. The number of hydrogen-bond donors (Lipinski definition) is 0. The third-order valence-electron chi connectivity index (χ3n) is 4.20. The summed E-state index contributed by atoms with van der Waals surface area (Å²) < 4.78 is 0. The SMILES string of the molecule is CC(C)C(=O)N1CCN(C(=O)c2ccc(C(C)C)cc2)CC1. The fourth-order valence-electron chi connectivity index (χ4n) is 2.69. The first-order valence-electron chi connectivity index (χ1n) is 8.08. The highest BCUT2D eigenvalue weighted by Crippen LogP contribution is 2.16. The van der Waals surface area contributed by atoms with Crippen LogP contribution >= 0.6 is 0 Å². The summed E-state index contributed by atoms with van der Waals surface area (Å²) in [5, 5.41) is 0. The van der Waals surface area contributed by atoms with Crippen LogP contribution in [0, 0.1) is 5.92 Å². The quantitative estimate of drug-likeness (QED) is 0.861. The summed E-state index contributed by atoms with van der Waals surface area (Å²) >= 11 is 0. The number of piperazine rings is 1. The largest absolute Gasteiger partial charge is 0.339 e. The van der Waals surface area contributed by atoms with Crippen molar-refractivity contribution in [3.8, 4) is 0 Å². The first-order valence-corrected chi connectivity index (χ1v) is 8.08. The molecule has 0 aliphatic carbocycles. The van der Waals surface area contributed by atoms with Gasteiger partial charge in [-0.2, -0.15) is 0 Å². The number of hydrogen-bond acceptors (Lipinski definition) is 2. The van der Waals surface area contributed by atoms with Gasteiger partial charge in [0, 0.05) is 37.7 Å². The molecule has 1 aromatic carbocycles. The molecule has 0 spiro atoms. The molecule has 0 N–H and O–H groups in total. The van der Waals surface area contributed by atoms with E-state index in [-0.39, 0.29) is 17.7 Å². The zero-order chi connectivity index (χ0) is 16.3. The summed E-state index contributed by atoms with van der Waals surface area (Å²) in [6, 6.07) is 7.86. The van der Waals surface area contributed by atoms with E-state index in [0.717, 1.165) is 5.56 Å². The van der Waals surface area contributed by atoms with Gasteiger partial charge in [0.1, 0.15) is 0 Å². The molecule has 0 bridgehead atoms. The third kappa shape index (κ3) is 3.67. The predicted octanol–water partition coefficient (Wildman–Crippen LogP) is 2.75. The zero-order valence-electron chi connectivity index (χ0n) is 14.0. The average molecular weight is 302 g/mol. The minimum atomic E-state index is 0.0193. The van der Waals surface area contributed by atoms with E-state index in [1.54, 1.807) is 0 Å². The van der Waals surface area contributed by atoms with E-state index in [1.807, 2.05) is 47.9 Å². The maximum atomic E-state index is 12.5. The molecule has 120 valence electrons. The van der Waals surface area contributed by atoms with Crippen LogP contribution in [0.5, 0.6) is 0 Å². The van der Waals surface area contributed by atoms with Gasteiger partial charge in [-0.25, -0.2) is 0 Å². The highest BCUT2D eigenvalue weighted by Gasteiger charge is 2.25. The summed E-state index contributed by atoms with van der Waals surface area (Å²) in [5.74, 6) is 0.723. The fraction of sp³-hybridized carbons (Fsp3) is 0.556. The molecule has 0 aromatic heterocycles. The topological polar surface area (TPSA) is 40.6 Å². The zero-order valence-corrected chi connectivity index (χ0v) is 14.0. The molecular formula is C18H26N2O2. The van der Waals surface area contributed by atoms with Crippen LogP contribution in [0.15, 0.2) is 24.3 Å². The van der Waals surface area contributed by atoms with E-state index in [9.17, 15) is 9.59 Å². The predicted molar refractivity (Wildman–Crippen MR) is 87.9 cm³/mol. The van der Waals surface area contributed by atoms with Crippen LogP contribution in [-0.4, -0.2) is 47.8 Å². The lowest BCUT2D eigenvalue weighted by Gasteiger charge is -2.35. The van der Waals surface area contributed by atoms with Gasteiger partial charge < -0.3 is 9.80 Å². The molecular weight excluding hydrogens is 276 g/mol. The maximum absolute atomic E-state index is 12.5. The fourth-order valence-corrected chi connectivity index (χ4v) is 2.69. The second kappa shape index (κ2) is 6.95. The van der Waals surface area contributed by atoms with Gasteiger partial charge in [-0.1, -0.05) is 39.8 Å². The van der Waals surface area contributed by atoms with Crippen molar-refractivity contribution in [2.45, 2.75) is 33.6 Å². The number of nitrogens with zero attached hydrogens (tertiary/aromatic N) is 2. The van der Waals surface area contributed by atoms with Crippen molar-refractivity contribution in [2.24, 2.45) is 5.92 Å². The lowest BCUT2D eigenvalue weighted by molar-refractivity contribution is -0.135. The van der Waals surface area contributed by atoms with Gasteiger partial charge >= 0.3 is 0 Å². The lowest BCUT2D eigenvalue weighted by Crippen LogP contribution is -2.51. The molecule has 4 nitrogen and oxygen atoms in total. The van der Waals surface area contributed by atoms with Crippen LogP contribution in [0.1, 0.15) is 49.5 Å². The summed E-state index contributed by atoms with van der Waals surface area (Å²) in [4.78, 5) is 28.2. The molecule has 2 amide bonds. The van der Waals surface area contributed by atoms with Crippen molar-refractivity contribution in [3.05, 3.63) is 35.4 Å². The Bertz CT molecular complexity index is 527. The van der Waals surface area contributed by atoms with Crippen LogP contribution < -0.4 is 0 Å².